The van der Waals surface area contributed by atoms with E-state index in [1.54, 1.807) is 0 Å². The monoisotopic (exact) mass is 257 g/mol. The van der Waals surface area contributed by atoms with Crippen molar-refractivity contribution < 1.29 is 4.79 Å². The first-order valence-corrected chi connectivity index (χ1v) is 6.66. The van der Waals surface area contributed by atoms with Crippen LogP contribution in [0.4, 0.5) is 0 Å². The first-order valence-electron chi connectivity index (χ1n) is 6.25. The standard InChI is InChI=1S/C12H23N3OS/c1-8(2)14-12(16)9(3)15-6-4-10(5-7-15)11(13)17/h8-10H,4-7H2,1-3H3,(H2,13,17)(H,14,16). The van der Waals surface area contributed by atoms with E-state index in [0.717, 1.165) is 25.9 Å². The number of carbonyl (C=O) groups excluding carboxylic acids is 1. The van der Waals surface area contributed by atoms with Crippen LogP contribution < -0.4 is 11.1 Å². The molecule has 0 bridgehead atoms. The molecule has 4 nitrogen and oxygen atoms in total. The lowest BCUT2D eigenvalue weighted by Crippen LogP contribution is -2.50. The third kappa shape index (κ3) is 4.24. The van der Waals surface area contributed by atoms with E-state index in [9.17, 15) is 4.79 Å². The van der Waals surface area contributed by atoms with Gasteiger partial charge in [0.1, 0.15) is 0 Å². The number of nitrogens with one attached hydrogen (secondary N) is 1. The van der Waals surface area contributed by atoms with Crippen molar-refractivity contribution in [3.05, 3.63) is 0 Å². The van der Waals surface area contributed by atoms with E-state index in [1.807, 2.05) is 20.8 Å². The van der Waals surface area contributed by atoms with Crippen LogP contribution in [0.1, 0.15) is 33.6 Å². The maximum absolute atomic E-state index is 11.9. The third-order valence-electron chi connectivity index (χ3n) is 3.29. The van der Waals surface area contributed by atoms with Gasteiger partial charge in [-0.2, -0.15) is 0 Å². The number of nitrogens with two attached hydrogens (primary N) is 1. The molecule has 98 valence electrons. The Hall–Kier alpha value is -0.680. The van der Waals surface area contributed by atoms with Crippen molar-refractivity contribution >= 4 is 23.1 Å². The van der Waals surface area contributed by atoms with Gasteiger partial charge in [-0.15, -0.1) is 0 Å². The third-order valence-corrected chi connectivity index (χ3v) is 3.62. The van der Waals surface area contributed by atoms with Gasteiger partial charge in [0.25, 0.3) is 0 Å². The number of hydrogen-bond donors (Lipinski definition) is 2. The quantitative estimate of drug-likeness (QED) is 0.735. The average Bonchev–Trinajstić information content (AvgIpc) is 2.27. The molecule has 1 heterocycles. The maximum Gasteiger partial charge on any atom is 0.237 e. The van der Waals surface area contributed by atoms with Crippen LogP contribution in [0, 0.1) is 5.92 Å². The highest BCUT2D eigenvalue weighted by molar-refractivity contribution is 7.80. The summed E-state index contributed by atoms with van der Waals surface area (Å²) < 4.78 is 0. The Morgan fingerprint density at radius 3 is 2.29 bits per heavy atom. The number of likely N-dealkylation sites (tertiary alicyclic amines) is 1. The molecule has 1 saturated heterocycles. The topological polar surface area (TPSA) is 58.4 Å². The maximum atomic E-state index is 11.9. The van der Waals surface area contributed by atoms with Crippen LogP contribution in [0.15, 0.2) is 0 Å². The second-order valence-corrected chi connectivity index (χ2v) is 5.52. The molecule has 0 aromatic heterocycles. The molecule has 5 heteroatoms. The van der Waals surface area contributed by atoms with Gasteiger partial charge in [-0.25, -0.2) is 0 Å². The zero-order valence-corrected chi connectivity index (χ0v) is 11.7. The number of nitrogens with zero attached hydrogens (tertiary/aromatic N) is 1. The first kappa shape index (κ1) is 14.4. The summed E-state index contributed by atoms with van der Waals surface area (Å²) in [5.74, 6) is 0.454. The highest BCUT2D eigenvalue weighted by atomic mass is 32.1. The molecular formula is C12H23N3OS. The summed E-state index contributed by atoms with van der Waals surface area (Å²) in [6.45, 7) is 7.70. The molecule has 1 amide bonds. The number of thiocarbonyl (C=S) groups is 1. The van der Waals surface area contributed by atoms with Crippen molar-refractivity contribution in [2.75, 3.05) is 13.1 Å². The average molecular weight is 257 g/mol. The molecular weight excluding hydrogens is 234 g/mol. The van der Waals surface area contributed by atoms with E-state index in [4.69, 9.17) is 18.0 Å². The molecule has 1 aliphatic heterocycles. The summed E-state index contributed by atoms with van der Waals surface area (Å²) >= 11 is 5.01. The summed E-state index contributed by atoms with van der Waals surface area (Å²) in [6, 6.07) is 0.129. The van der Waals surface area contributed by atoms with Gasteiger partial charge < -0.3 is 11.1 Å². The predicted molar refractivity (Wildman–Crippen MR) is 73.8 cm³/mol. The zero-order valence-electron chi connectivity index (χ0n) is 10.9. The van der Waals surface area contributed by atoms with Crippen LogP contribution in [0.2, 0.25) is 0 Å². The van der Waals surface area contributed by atoms with E-state index in [2.05, 4.69) is 10.2 Å². The van der Waals surface area contributed by atoms with E-state index in [0.29, 0.717) is 10.9 Å². The predicted octanol–water partition coefficient (Wildman–Crippen LogP) is 0.898. The molecule has 1 rings (SSSR count). The van der Waals surface area contributed by atoms with Crippen molar-refractivity contribution in [1.82, 2.24) is 10.2 Å². The molecule has 0 saturated carbocycles. The second kappa shape index (κ2) is 6.31. The fraction of sp³-hybridized carbons (Fsp3) is 0.833. The SMILES string of the molecule is CC(C)NC(=O)C(C)N1CCC(C(N)=S)CC1. The van der Waals surface area contributed by atoms with Gasteiger partial charge in [0, 0.05) is 12.0 Å². The van der Waals surface area contributed by atoms with Gasteiger partial charge in [-0.1, -0.05) is 12.2 Å². The van der Waals surface area contributed by atoms with Crippen molar-refractivity contribution in [1.29, 1.82) is 0 Å². The molecule has 1 unspecified atom stereocenters. The van der Waals surface area contributed by atoms with Gasteiger partial charge in [0.2, 0.25) is 5.91 Å². The van der Waals surface area contributed by atoms with Crippen molar-refractivity contribution in [3.63, 3.8) is 0 Å². The van der Waals surface area contributed by atoms with Gasteiger partial charge in [-0.05, 0) is 46.7 Å². The summed E-state index contributed by atoms with van der Waals surface area (Å²) in [6.07, 6.45) is 1.93. The molecule has 0 spiro atoms. The summed E-state index contributed by atoms with van der Waals surface area (Å²) in [7, 11) is 0. The van der Waals surface area contributed by atoms with Crippen LogP contribution in [-0.4, -0.2) is 41.0 Å². The lowest BCUT2D eigenvalue weighted by atomic mass is 9.96. The largest absolute Gasteiger partial charge is 0.393 e. The van der Waals surface area contributed by atoms with Gasteiger partial charge in [-0.3, -0.25) is 9.69 Å². The van der Waals surface area contributed by atoms with Crippen LogP contribution in [0.5, 0.6) is 0 Å². The lowest BCUT2D eigenvalue weighted by molar-refractivity contribution is -0.126. The minimum Gasteiger partial charge on any atom is -0.393 e. The normalized spacial score (nSPS) is 20.2. The second-order valence-electron chi connectivity index (χ2n) is 5.05. The fourth-order valence-electron chi connectivity index (χ4n) is 2.14. The van der Waals surface area contributed by atoms with Gasteiger partial charge in [0.05, 0.1) is 11.0 Å². The van der Waals surface area contributed by atoms with E-state index in [-0.39, 0.29) is 18.0 Å². The van der Waals surface area contributed by atoms with Crippen LogP contribution in [0.25, 0.3) is 0 Å². The molecule has 1 aliphatic rings. The number of piperidine rings is 1. The fourth-order valence-corrected chi connectivity index (χ4v) is 2.38. The molecule has 1 atom stereocenters. The van der Waals surface area contributed by atoms with Crippen molar-refractivity contribution in [2.24, 2.45) is 11.7 Å². The van der Waals surface area contributed by atoms with Crippen LogP contribution in [-0.2, 0) is 4.79 Å². The molecule has 0 aromatic rings. The van der Waals surface area contributed by atoms with Crippen molar-refractivity contribution in [2.45, 2.75) is 45.7 Å². The molecule has 3 N–H and O–H groups in total. The zero-order chi connectivity index (χ0) is 13.0. The summed E-state index contributed by atoms with van der Waals surface area (Å²) in [5, 5.41) is 2.94. The summed E-state index contributed by atoms with van der Waals surface area (Å²) in [5.41, 5.74) is 5.65. The highest BCUT2D eigenvalue weighted by Crippen LogP contribution is 2.19. The molecule has 1 fully saturated rings. The van der Waals surface area contributed by atoms with Gasteiger partial charge in [0.15, 0.2) is 0 Å². The Labute approximate surface area is 109 Å². The minimum absolute atomic E-state index is 0.0651. The van der Waals surface area contributed by atoms with Crippen LogP contribution in [0.3, 0.4) is 0 Å². The highest BCUT2D eigenvalue weighted by Gasteiger charge is 2.27. The van der Waals surface area contributed by atoms with E-state index in [1.165, 1.54) is 0 Å². The lowest BCUT2D eigenvalue weighted by Gasteiger charge is -2.35. The Kier molecular flexibility index (Phi) is 5.33. The Morgan fingerprint density at radius 2 is 1.88 bits per heavy atom. The molecule has 0 radical (unpaired) electrons. The summed E-state index contributed by atoms with van der Waals surface area (Å²) in [4.78, 5) is 14.7. The number of hydrogen-bond acceptors (Lipinski definition) is 3. The number of carbonyl (C=O) groups is 1. The van der Waals surface area contributed by atoms with E-state index >= 15 is 0 Å². The van der Waals surface area contributed by atoms with Gasteiger partial charge >= 0.3 is 0 Å². The molecule has 0 aromatic carbocycles. The Balaban J connectivity index is 2.42. The van der Waals surface area contributed by atoms with Crippen molar-refractivity contribution in [3.8, 4) is 0 Å². The number of rotatable bonds is 4. The Morgan fingerprint density at radius 1 is 1.35 bits per heavy atom. The van der Waals surface area contributed by atoms with Crippen LogP contribution >= 0.6 is 12.2 Å². The smallest absolute Gasteiger partial charge is 0.237 e. The Bertz CT molecular complexity index is 285. The minimum atomic E-state index is -0.0651. The molecule has 17 heavy (non-hydrogen) atoms. The van der Waals surface area contributed by atoms with E-state index < -0.39 is 0 Å². The molecule has 0 aliphatic carbocycles. The first-order chi connectivity index (χ1) is 7.91. The number of amides is 1.